The van der Waals surface area contributed by atoms with Crippen molar-refractivity contribution in [2.45, 2.75) is 69.4 Å². The largest absolute Gasteiger partial charge is 0.417 e. The zero-order valence-corrected chi connectivity index (χ0v) is 16.2. The fourth-order valence-corrected chi connectivity index (χ4v) is 3.91. The van der Waals surface area contributed by atoms with Crippen molar-refractivity contribution in [2.75, 3.05) is 5.32 Å². The predicted octanol–water partition coefficient (Wildman–Crippen LogP) is 4.79. The Kier molecular flexibility index (Phi) is 5.95. The van der Waals surface area contributed by atoms with Crippen molar-refractivity contribution in [3.05, 3.63) is 23.3 Å². The molecule has 0 spiro atoms. The Labute approximate surface area is 155 Å². The number of carbonyl (C=O) groups is 2. The summed E-state index contributed by atoms with van der Waals surface area (Å²) in [5, 5.41) is 2.11. The first-order valence-electron chi connectivity index (χ1n) is 8.52. The highest BCUT2D eigenvalue weighted by Crippen LogP contribution is 2.42. The Balaban J connectivity index is 2.61. The molecule has 1 aliphatic heterocycles. The lowest BCUT2D eigenvalue weighted by Gasteiger charge is -2.34. The highest BCUT2D eigenvalue weighted by molar-refractivity contribution is 8.00. The molecule has 2 amide bonds. The highest BCUT2D eigenvalue weighted by Gasteiger charge is 2.39. The standard InChI is InChI=1S/C18H23F3N2O2S/c1-6-10(4)23(9(2)3)17(25)12-7-14-15(8-13(12)18(19,20)21)26-11(5)16(24)22-14/h7-11H,6H2,1-5H3,(H,22,24)/t10-,11?/m1/s1. The minimum absolute atomic E-state index is 0.205. The average molecular weight is 388 g/mol. The third-order valence-electron chi connectivity index (χ3n) is 4.44. The SMILES string of the molecule is CC[C@@H](C)N(C(=O)c1cc2c(cc1C(F)(F)F)SC(C)C(=O)N2)C(C)C. The maximum absolute atomic E-state index is 13.6. The summed E-state index contributed by atoms with van der Waals surface area (Å²) in [5.41, 5.74) is -1.14. The molecule has 1 unspecified atom stereocenters. The molecule has 1 heterocycles. The molecule has 0 aliphatic carbocycles. The van der Waals surface area contributed by atoms with Gasteiger partial charge in [0.15, 0.2) is 0 Å². The molecule has 0 fully saturated rings. The predicted molar refractivity (Wildman–Crippen MR) is 96.5 cm³/mol. The second-order valence-electron chi connectivity index (χ2n) is 6.70. The highest BCUT2D eigenvalue weighted by atomic mass is 32.2. The van der Waals surface area contributed by atoms with Gasteiger partial charge in [0, 0.05) is 17.0 Å². The lowest BCUT2D eigenvalue weighted by atomic mass is 10.0. The van der Waals surface area contributed by atoms with Crippen molar-refractivity contribution in [3.63, 3.8) is 0 Å². The summed E-state index contributed by atoms with van der Waals surface area (Å²) in [6, 6.07) is 1.68. The first-order chi connectivity index (χ1) is 12.0. The summed E-state index contributed by atoms with van der Waals surface area (Å²) in [6.45, 7) is 8.86. The number of anilines is 1. The molecule has 1 aromatic carbocycles. The van der Waals surface area contributed by atoms with Crippen molar-refractivity contribution >= 4 is 29.3 Å². The average Bonchev–Trinajstić information content (AvgIpc) is 2.53. The fourth-order valence-electron chi connectivity index (χ4n) is 2.94. The number of alkyl halides is 3. The van der Waals surface area contributed by atoms with Gasteiger partial charge in [0.05, 0.1) is 22.1 Å². The van der Waals surface area contributed by atoms with Crippen molar-refractivity contribution in [2.24, 2.45) is 0 Å². The van der Waals surface area contributed by atoms with E-state index in [9.17, 15) is 22.8 Å². The Hall–Kier alpha value is -1.70. The van der Waals surface area contributed by atoms with Crippen LogP contribution in [0.1, 0.15) is 57.0 Å². The number of hydrogen-bond acceptors (Lipinski definition) is 3. The van der Waals surface area contributed by atoms with E-state index in [2.05, 4.69) is 5.32 Å². The second kappa shape index (κ2) is 7.50. The van der Waals surface area contributed by atoms with E-state index in [0.717, 1.165) is 23.9 Å². The van der Waals surface area contributed by atoms with E-state index < -0.39 is 28.5 Å². The normalized spacial score (nSPS) is 18.3. The van der Waals surface area contributed by atoms with Crippen molar-refractivity contribution in [1.82, 2.24) is 4.90 Å². The Morgan fingerprint density at radius 2 is 1.92 bits per heavy atom. The number of rotatable bonds is 4. The molecule has 1 aromatic rings. The third-order valence-corrected chi connectivity index (χ3v) is 5.60. The van der Waals surface area contributed by atoms with Gasteiger partial charge in [0.1, 0.15) is 0 Å². The molecule has 0 bridgehead atoms. The van der Waals surface area contributed by atoms with Crippen LogP contribution in [0.2, 0.25) is 0 Å². The number of halogens is 3. The van der Waals surface area contributed by atoms with Crippen LogP contribution in [0.4, 0.5) is 18.9 Å². The molecule has 0 aromatic heterocycles. The van der Waals surface area contributed by atoms with Gasteiger partial charge < -0.3 is 10.2 Å². The molecule has 144 valence electrons. The number of hydrogen-bond donors (Lipinski definition) is 1. The number of carbonyl (C=O) groups excluding carboxylic acids is 2. The molecule has 0 saturated carbocycles. The topological polar surface area (TPSA) is 49.4 Å². The summed E-state index contributed by atoms with van der Waals surface area (Å²) < 4.78 is 40.9. The molecule has 0 radical (unpaired) electrons. The molecular weight excluding hydrogens is 365 g/mol. The van der Waals surface area contributed by atoms with Crippen molar-refractivity contribution in [3.8, 4) is 0 Å². The molecule has 26 heavy (non-hydrogen) atoms. The van der Waals surface area contributed by atoms with Gasteiger partial charge >= 0.3 is 6.18 Å². The second-order valence-corrected chi connectivity index (χ2v) is 8.09. The van der Waals surface area contributed by atoms with Crippen molar-refractivity contribution < 1.29 is 22.8 Å². The Bertz CT molecular complexity index is 719. The Morgan fingerprint density at radius 1 is 1.31 bits per heavy atom. The van der Waals surface area contributed by atoms with Crippen LogP contribution < -0.4 is 5.32 Å². The van der Waals surface area contributed by atoms with Crippen LogP contribution in [0.25, 0.3) is 0 Å². The van der Waals surface area contributed by atoms with Gasteiger partial charge in [0.25, 0.3) is 5.91 Å². The number of amides is 2. The first-order valence-corrected chi connectivity index (χ1v) is 9.40. The minimum Gasteiger partial charge on any atom is -0.334 e. The summed E-state index contributed by atoms with van der Waals surface area (Å²) in [5.74, 6) is -0.967. The molecular formula is C18H23F3N2O2S. The zero-order valence-electron chi connectivity index (χ0n) is 15.4. The molecule has 1 N–H and O–H groups in total. The van der Waals surface area contributed by atoms with Gasteiger partial charge in [-0.2, -0.15) is 13.2 Å². The first kappa shape index (κ1) is 20.6. The van der Waals surface area contributed by atoms with Crippen LogP contribution in [-0.2, 0) is 11.0 Å². The maximum atomic E-state index is 13.6. The summed E-state index contributed by atoms with van der Waals surface area (Å²) >= 11 is 1.06. The quantitative estimate of drug-likeness (QED) is 0.807. The van der Waals surface area contributed by atoms with Gasteiger partial charge in [-0.15, -0.1) is 11.8 Å². The fraction of sp³-hybridized carbons (Fsp3) is 0.556. The van der Waals surface area contributed by atoms with E-state index in [0.29, 0.717) is 11.3 Å². The van der Waals surface area contributed by atoms with Gasteiger partial charge in [0.2, 0.25) is 5.91 Å². The van der Waals surface area contributed by atoms with E-state index in [4.69, 9.17) is 0 Å². The van der Waals surface area contributed by atoms with Gasteiger partial charge in [-0.1, -0.05) is 6.92 Å². The summed E-state index contributed by atoms with van der Waals surface area (Å²) in [4.78, 5) is 26.6. The van der Waals surface area contributed by atoms with E-state index in [-0.39, 0.29) is 23.7 Å². The summed E-state index contributed by atoms with van der Waals surface area (Å²) in [6.07, 6.45) is -4.04. The molecule has 0 saturated heterocycles. The molecule has 8 heteroatoms. The number of nitrogens with zero attached hydrogens (tertiary/aromatic N) is 1. The number of thioether (sulfide) groups is 1. The smallest absolute Gasteiger partial charge is 0.334 e. The van der Waals surface area contributed by atoms with Gasteiger partial charge in [-0.25, -0.2) is 0 Å². The maximum Gasteiger partial charge on any atom is 0.417 e. The number of nitrogens with one attached hydrogen (secondary N) is 1. The van der Waals surface area contributed by atoms with E-state index in [1.807, 2.05) is 13.8 Å². The number of benzene rings is 1. The van der Waals surface area contributed by atoms with Gasteiger partial charge in [-0.05, 0) is 46.2 Å². The van der Waals surface area contributed by atoms with Crippen LogP contribution in [0.15, 0.2) is 17.0 Å². The van der Waals surface area contributed by atoms with Crippen LogP contribution in [0, 0.1) is 0 Å². The van der Waals surface area contributed by atoms with E-state index >= 15 is 0 Å². The number of fused-ring (bicyclic) bond motifs is 1. The molecule has 2 rings (SSSR count). The summed E-state index contributed by atoms with van der Waals surface area (Å²) in [7, 11) is 0. The zero-order chi connectivity index (χ0) is 19.8. The van der Waals surface area contributed by atoms with Crippen LogP contribution in [-0.4, -0.2) is 34.0 Å². The molecule has 2 atom stereocenters. The van der Waals surface area contributed by atoms with Crippen LogP contribution in [0.5, 0.6) is 0 Å². The van der Waals surface area contributed by atoms with Crippen LogP contribution >= 0.6 is 11.8 Å². The molecule has 1 aliphatic rings. The van der Waals surface area contributed by atoms with Crippen molar-refractivity contribution in [1.29, 1.82) is 0 Å². The van der Waals surface area contributed by atoms with Gasteiger partial charge in [-0.3, -0.25) is 9.59 Å². The lowest BCUT2D eigenvalue weighted by Crippen LogP contribution is -2.44. The van der Waals surface area contributed by atoms with E-state index in [1.54, 1.807) is 20.8 Å². The van der Waals surface area contributed by atoms with E-state index in [1.165, 1.54) is 4.90 Å². The Morgan fingerprint density at radius 3 is 2.42 bits per heavy atom. The third kappa shape index (κ3) is 4.00. The minimum atomic E-state index is -4.66. The van der Waals surface area contributed by atoms with Crippen LogP contribution in [0.3, 0.4) is 0 Å². The molecule has 4 nitrogen and oxygen atoms in total. The lowest BCUT2D eigenvalue weighted by molar-refractivity contribution is -0.138. The monoisotopic (exact) mass is 388 g/mol.